The molecule has 0 bridgehead atoms. The number of nitrogens with zero attached hydrogens (tertiary/aromatic N) is 3. The SMILES string of the molecule is Cc1nn(-c2ccccc2)c(C)c1NC(=O)C[NH+]1CCN(c2ccccc2)CC1. The van der Waals surface area contributed by atoms with Gasteiger partial charge in [0, 0.05) is 5.69 Å². The Balaban J connectivity index is 1.36. The molecule has 0 radical (unpaired) electrons. The third-order valence-corrected chi connectivity index (χ3v) is 5.56. The first-order valence-electron chi connectivity index (χ1n) is 10.2. The molecule has 1 amide bonds. The number of hydrogen-bond donors (Lipinski definition) is 2. The summed E-state index contributed by atoms with van der Waals surface area (Å²) in [6.45, 7) is 8.28. The zero-order valence-corrected chi connectivity index (χ0v) is 17.1. The van der Waals surface area contributed by atoms with Crippen LogP contribution in [0.15, 0.2) is 60.7 Å². The van der Waals surface area contributed by atoms with Crippen LogP contribution < -0.4 is 15.1 Å². The Hall–Kier alpha value is -3.12. The fourth-order valence-electron chi connectivity index (χ4n) is 3.95. The highest BCUT2D eigenvalue weighted by atomic mass is 16.2. The summed E-state index contributed by atoms with van der Waals surface area (Å²) >= 11 is 0. The second-order valence-corrected chi connectivity index (χ2v) is 7.59. The standard InChI is InChI=1S/C23H27N5O/c1-18-23(19(2)28(25-18)21-11-7-4-8-12-21)24-22(29)17-26-13-15-27(16-14-26)20-9-5-3-6-10-20/h3-12H,13-17H2,1-2H3,(H,24,29)/p+1. The lowest BCUT2D eigenvalue weighted by Crippen LogP contribution is -3.15. The van der Waals surface area contributed by atoms with Crippen LogP contribution in [-0.2, 0) is 4.79 Å². The number of rotatable bonds is 5. The van der Waals surface area contributed by atoms with Crippen molar-refractivity contribution in [3.63, 3.8) is 0 Å². The molecule has 1 aliphatic heterocycles. The van der Waals surface area contributed by atoms with Crippen LogP contribution in [0.5, 0.6) is 0 Å². The van der Waals surface area contributed by atoms with Crippen molar-refractivity contribution in [3.05, 3.63) is 72.1 Å². The molecule has 4 rings (SSSR count). The summed E-state index contributed by atoms with van der Waals surface area (Å²) in [5, 5.41) is 7.71. The molecule has 1 aromatic heterocycles. The van der Waals surface area contributed by atoms with E-state index in [0.29, 0.717) is 6.54 Å². The van der Waals surface area contributed by atoms with Crippen molar-refractivity contribution in [1.29, 1.82) is 0 Å². The van der Waals surface area contributed by atoms with Crippen LogP contribution in [0.3, 0.4) is 0 Å². The van der Waals surface area contributed by atoms with Gasteiger partial charge in [-0.2, -0.15) is 5.10 Å². The summed E-state index contributed by atoms with van der Waals surface area (Å²) in [5.41, 5.74) is 4.86. The van der Waals surface area contributed by atoms with E-state index in [1.165, 1.54) is 10.6 Å². The maximum Gasteiger partial charge on any atom is 0.279 e. The second-order valence-electron chi connectivity index (χ2n) is 7.59. The predicted molar refractivity (Wildman–Crippen MR) is 116 cm³/mol. The molecule has 2 N–H and O–H groups in total. The van der Waals surface area contributed by atoms with Gasteiger partial charge in [-0.25, -0.2) is 4.68 Å². The van der Waals surface area contributed by atoms with Crippen LogP contribution in [0, 0.1) is 13.8 Å². The van der Waals surface area contributed by atoms with Gasteiger partial charge in [0.2, 0.25) is 0 Å². The van der Waals surface area contributed by atoms with E-state index < -0.39 is 0 Å². The van der Waals surface area contributed by atoms with Crippen molar-refractivity contribution < 1.29 is 9.69 Å². The number of piperazine rings is 1. The lowest BCUT2D eigenvalue weighted by atomic mass is 10.2. The molecule has 150 valence electrons. The molecule has 1 saturated heterocycles. The first-order chi connectivity index (χ1) is 14.1. The van der Waals surface area contributed by atoms with Crippen molar-refractivity contribution in [2.75, 3.05) is 42.9 Å². The van der Waals surface area contributed by atoms with E-state index in [1.807, 2.05) is 54.9 Å². The fraction of sp³-hybridized carbons (Fsp3) is 0.304. The smallest absolute Gasteiger partial charge is 0.279 e. The number of amides is 1. The molecule has 0 unspecified atom stereocenters. The number of para-hydroxylation sites is 2. The molecule has 2 heterocycles. The minimum Gasteiger partial charge on any atom is -0.360 e. The van der Waals surface area contributed by atoms with E-state index in [0.717, 1.165) is 48.9 Å². The molecule has 29 heavy (non-hydrogen) atoms. The number of carbonyl (C=O) groups excluding carboxylic acids is 1. The zero-order valence-electron chi connectivity index (χ0n) is 17.1. The number of benzene rings is 2. The third kappa shape index (κ3) is 4.32. The summed E-state index contributed by atoms with van der Waals surface area (Å²) in [5.74, 6) is 0.0481. The number of aryl methyl sites for hydroxylation is 1. The average molecular weight is 391 g/mol. The van der Waals surface area contributed by atoms with Crippen molar-refractivity contribution in [2.45, 2.75) is 13.8 Å². The van der Waals surface area contributed by atoms with Gasteiger partial charge in [0.15, 0.2) is 6.54 Å². The Morgan fingerprint density at radius 2 is 1.55 bits per heavy atom. The van der Waals surface area contributed by atoms with Crippen LogP contribution in [0.1, 0.15) is 11.4 Å². The summed E-state index contributed by atoms with van der Waals surface area (Å²) in [7, 11) is 0. The summed E-state index contributed by atoms with van der Waals surface area (Å²) in [4.78, 5) is 16.4. The molecule has 0 aliphatic carbocycles. The molecule has 1 aliphatic rings. The number of aromatic nitrogens is 2. The Morgan fingerprint density at radius 3 is 2.17 bits per heavy atom. The zero-order chi connectivity index (χ0) is 20.2. The summed E-state index contributed by atoms with van der Waals surface area (Å²) < 4.78 is 1.89. The topological polar surface area (TPSA) is 54.6 Å². The molecule has 0 atom stereocenters. The van der Waals surface area contributed by atoms with Gasteiger partial charge in [0.25, 0.3) is 5.91 Å². The minimum absolute atomic E-state index is 0.0481. The molecule has 6 heteroatoms. The maximum absolute atomic E-state index is 12.7. The van der Waals surface area contributed by atoms with Crippen LogP contribution in [-0.4, -0.2) is 48.4 Å². The highest BCUT2D eigenvalue weighted by Gasteiger charge is 2.23. The Kier molecular flexibility index (Phi) is 5.62. The normalized spacial score (nSPS) is 14.8. The predicted octanol–water partition coefficient (Wildman–Crippen LogP) is 1.83. The van der Waals surface area contributed by atoms with Crippen LogP contribution in [0.4, 0.5) is 11.4 Å². The molecule has 1 fully saturated rings. The maximum atomic E-state index is 12.7. The Bertz CT molecular complexity index is 960. The van der Waals surface area contributed by atoms with Crippen LogP contribution in [0.2, 0.25) is 0 Å². The van der Waals surface area contributed by atoms with E-state index in [-0.39, 0.29) is 5.91 Å². The van der Waals surface area contributed by atoms with Crippen molar-refractivity contribution in [1.82, 2.24) is 9.78 Å². The van der Waals surface area contributed by atoms with Crippen molar-refractivity contribution in [2.24, 2.45) is 0 Å². The Labute approximate surface area is 171 Å². The number of anilines is 2. The lowest BCUT2D eigenvalue weighted by Gasteiger charge is -2.33. The van der Waals surface area contributed by atoms with Crippen molar-refractivity contribution in [3.8, 4) is 5.69 Å². The average Bonchev–Trinajstić information content (AvgIpc) is 3.04. The molecule has 2 aromatic carbocycles. The Morgan fingerprint density at radius 1 is 0.966 bits per heavy atom. The quantitative estimate of drug-likeness (QED) is 0.699. The number of hydrogen-bond acceptors (Lipinski definition) is 3. The lowest BCUT2D eigenvalue weighted by molar-refractivity contribution is -0.892. The second kappa shape index (κ2) is 8.49. The molecular weight excluding hydrogens is 362 g/mol. The van der Waals surface area contributed by atoms with E-state index in [2.05, 4.69) is 39.6 Å². The van der Waals surface area contributed by atoms with Gasteiger partial charge in [-0.15, -0.1) is 0 Å². The number of quaternary nitrogens is 1. The van der Waals surface area contributed by atoms with E-state index in [1.54, 1.807) is 0 Å². The monoisotopic (exact) mass is 390 g/mol. The first-order valence-corrected chi connectivity index (χ1v) is 10.2. The molecule has 6 nitrogen and oxygen atoms in total. The van der Waals surface area contributed by atoms with Gasteiger partial charge >= 0.3 is 0 Å². The number of nitrogens with one attached hydrogen (secondary N) is 2. The van der Waals surface area contributed by atoms with Crippen LogP contribution in [0.25, 0.3) is 5.69 Å². The van der Waals surface area contributed by atoms with E-state index >= 15 is 0 Å². The van der Waals surface area contributed by atoms with Gasteiger partial charge in [-0.1, -0.05) is 36.4 Å². The molecule has 0 saturated carbocycles. The van der Waals surface area contributed by atoms with Gasteiger partial charge in [-0.3, -0.25) is 4.79 Å². The first kappa shape index (κ1) is 19.2. The molecule has 0 spiro atoms. The van der Waals surface area contributed by atoms with Gasteiger partial charge < -0.3 is 15.1 Å². The minimum atomic E-state index is 0.0481. The van der Waals surface area contributed by atoms with Crippen LogP contribution >= 0.6 is 0 Å². The van der Waals surface area contributed by atoms with Crippen molar-refractivity contribution >= 4 is 17.3 Å². The van der Waals surface area contributed by atoms with E-state index in [9.17, 15) is 4.79 Å². The largest absolute Gasteiger partial charge is 0.360 e. The van der Waals surface area contributed by atoms with Gasteiger partial charge in [-0.05, 0) is 38.1 Å². The highest BCUT2D eigenvalue weighted by molar-refractivity contribution is 5.92. The third-order valence-electron chi connectivity index (χ3n) is 5.56. The number of carbonyl (C=O) groups is 1. The highest BCUT2D eigenvalue weighted by Crippen LogP contribution is 2.22. The van der Waals surface area contributed by atoms with Gasteiger partial charge in [0.05, 0.1) is 48.9 Å². The molecular formula is C23H28N5O+. The van der Waals surface area contributed by atoms with Gasteiger partial charge in [0.1, 0.15) is 0 Å². The summed E-state index contributed by atoms with van der Waals surface area (Å²) in [6, 6.07) is 20.5. The van der Waals surface area contributed by atoms with E-state index in [4.69, 9.17) is 0 Å². The fourth-order valence-corrected chi connectivity index (χ4v) is 3.95. The molecule has 3 aromatic rings. The summed E-state index contributed by atoms with van der Waals surface area (Å²) in [6.07, 6.45) is 0.